The van der Waals surface area contributed by atoms with Crippen LogP contribution in [0.4, 0.5) is 4.79 Å². The Bertz CT molecular complexity index is 1890. The largest absolute Gasteiger partial charge is 0.445 e. The van der Waals surface area contributed by atoms with Gasteiger partial charge in [0.15, 0.2) is 13.7 Å². The van der Waals surface area contributed by atoms with Gasteiger partial charge < -0.3 is 28.3 Å². The van der Waals surface area contributed by atoms with Crippen LogP contribution in [0.5, 0.6) is 0 Å². The number of carbonyl (C=O) groups excluding carboxylic acids is 1. The van der Waals surface area contributed by atoms with Gasteiger partial charge in [-0.3, -0.25) is 4.90 Å². The zero-order chi connectivity index (χ0) is 34.7. The number of aromatic nitrogens is 5. The average molecular weight is 692 g/mol. The smallest absolute Gasteiger partial charge is 0.410 e. The fourth-order valence-electron chi connectivity index (χ4n) is 6.75. The van der Waals surface area contributed by atoms with Crippen molar-refractivity contribution in [3.05, 3.63) is 90.4 Å². The van der Waals surface area contributed by atoms with Crippen molar-refractivity contribution in [2.24, 2.45) is 0 Å². The summed E-state index contributed by atoms with van der Waals surface area (Å²) in [4.78, 5) is 35.3. The molecule has 0 unspecified atom stereocenters. The van der Waals surface area contributed by atoms with Crippen molar-refractivity contribution in [3.63, 3.8) is 0 Å². The lowest BCUT2D eigenvalue weighted by Gasteiger charge is -2.24. The number of amides is 1. The summed E-state index contributed by atoms with van der Waals surface area (Å²) >= 11 is 0. The normalized spacial score (nSPS) is 18.3. The number of ether oxygens (including phenoxy) is 2. The second kappa shape index (κ2) is 14.8. The fraction of sp³-hybridized carbons (Fsp3) is 0.405. The summed E-state index contributed by atoms with van der Waals surface area (Å²) in [5.74, 6) is 2.84. The Balaban J connectivity index is 1.08. The standard InChI is InChI=1S/C37H46BN7O4Si/c1-50(2,3)20-19-47-25-43-23-30(42-35(43)32-12-7-17-44(32)37(46)48-24-26-9-5-4-6-10-26)36-40-22-33(49-36)28-15-13-27(14-16-28)29-21-39-34(41-29)31-11-8-18-45(31)38/h4-6,9-10,13-16,21-23,31-32H,7-8,11-12,17-20,24-25,38H2,1-3H3,(H,39,41)/t31-,32-/m0/s1. The zero-order valence-electron chi connectivity index (χ0n) is 29.5. The van der Waals surface area contributed by atoms with E-state index in [1.807, 2.05) is 59.4 Å². The molecule has 2 aliphatic heterocycles. The van der Waals surface area contributed by atoms with Gasteiger partial charge in [0.1, 0.15) is 30.7 Å². The van der Waals surface area contributed by atoms with Gasteiger partial charge in [0.05, 0.1) is 30.2 Å². The Kier molecular flexibility index (Phi) is 10.1. The third kappa shape index (κ3) is 7.80. The molecule has 2 atom stereocenters. The van der Waals surface area contributed by atoms with E-state index in [4.69, 9.17) is 18.9 Å². The number of rotatable bonds is 12. The van der Waals surface area contributed by atoms with Crippen molar-refractivity contribution in [1.82, 2.24) is 34.2 Å². The lowest BCUT2D eigenvalue weighted by atomic mass is 10.1. The number of oxazole rings is 1. The summed E-state index contributed by atoms with van der Waals surface area (Å²) in [5.41, 5.74) is 4.53. The first-order valence-corrected chi connectivity index (χ1v) is 21.4. The topological polar surface area (TPSA) is 115 Å². The van der Waals surface area contributed by atoms with Gasteiger partial charge >= 0.3 is 6.09 Å². The molecular weight excluding hydrogens is 645 g/mol. The molecule has 2 saturated heterocycles. The lowest BCUT2D eigenvalue weighted by Crippen LogP contribution is -2.32. The molecule has 2 aliphatic rings. The molecule has 13 heteroatoms. The number of nitrogens with zero attached hydrogens (tertiary/aromatic N) is 6. The maximum Gasteiger partial charge on any atom is 0.410 e. The van der Waals surface area contributed by atoms with E-state index in [9.17, 15) is 4.79 Å². The van der Waals surface area contributed by atoms with Gasteiger partial charge in [0.25, 0.3) is 0 Å². The van der Waals surface area contributed by atoms with Gasteiger partial charge in [-0.2, -0.15) is 0 Å². The molecule has 50 heavy (non-hydrogen) atoms. The first-order chi connectivity index (χ1) is 24.2. The van der Waals surface area contributed by atoms with Crippen LogP contribution in [0.25, 0.3) is 34.2 Å². The minimum absolute atomic E-state index is 0.226. The van der Waals surface area contributed by atoms with E-state index in [1.165, 1.54) is 6.42 Å². The lowest BCUT2D eigenvalue weighted by molar-refractivity contribution is 0.0743. The molecule has 5 heterocycles. The van der Waals surface area contributed by atoms with Crippen molar-refractivity contribution >= 4 is 22.1 Å². The molecule has 0 aliphatic carbocycles. The summed E-state index contributed by atoms with van der Waals surface area (Å²) in [5, 5.41) is 0. The van der Waals surface area contributed by atoms with Crippen molar-refractivity contribution in [2.75, 3.05) is 19.7 Å². The molecule has 260 valence electrons. The Morgan fingerprint density at radius 2 is 1.74 bits per heavy atom. The number of hydrogen-bond acceptors (Lipinski definition) is 8. The molecule has 2 aromatic carbocycles. The van der Waals surface area contributed by atoms with Crippen molar-refractivity contribution < 1.29 is 18.7 Å². The molecule has 0 spiro atoms. The minimum Gasteiger partial charge on any atom is -0.445 e. The summed E-state index contributed by atoms with van der Waals surface area (Å²) < 4.78 is 20.2. The maximum atomic E-state index is 13.3. The highest BCUT2D eigenvalue weighted by molar-refractivity contribution is 6.76. The van der Waals surface area contributed by atoms with Crippen LogP contribution in [-0.2, 0) is 22.8 Å². The molecule has 0 radical (unpaired) electrons. The molecule has 3 aromatic heterocycles. The van der Waals surface area contributed by atoms with Crippen molar-refractivity contribution in [3.8, 4) is 34.2 Å². The molecule has 0 saturated carbocycles. The summed E-state index contributed by atoms with van der Waals surface area (Å²) in [6, 6.07) is 19.1. The molecular formula is C37H46BN7O4Si. The van der Waals surface area contributed by atoms with Gasteiger partial charge in [-0.25, -0.2) is 19.7 Å². The highest BCUT2D eigenvalue weighted by Crippen LogP contribution is 2.35. The monoisotopic (exact) mass is 691 g/mol. The quantitative estimate of drug-likeness (QED) is 0.109. The molecule has 1 N–H and O–H groups in total. The van der Waals surface area contributed by atoms with E-state index in [0.29, 0.717) is 43.3 Å². The second-order valence-electron chi connectivity index (χ2n) is 14.6. The average Bonchev–Trinajstić information content (AvgIpc) is 3.96. The van der Waals surface area contributed by atoms with E-state index in [0.717, 1.165) is 65.9 Å². The second-order valence-corrected chi connectivity index (χ2v) is 20.2. The van der Waals surface area contributed by atoms with Crippen LogP contribution in [-0.4, -0.2) is 76.1 Å². The number of likely N-dealkylation sites (tertiary alicyclic amines) is 1. The van der Waals surface area contributed by atoms with Crippen LogP contribution in [0.15, 0.2) is 77.6 Å². The molecule has 7 rings (SSSR count). The minimum atomic E-state index is -1.26. The van der Waals surface area contributed by atoms with E-state index in [1.54, 1.807) is 11.1 Å². The number of aromatic amines is 1. The van der Waals surface area contributed by atoms with E-state index < -0.39 is 8.07 Å². The third-order valence-corrected chi connectivity index (χ3v) is 11.4. The van der Waals surface area contributed by atoms with E-state index in [2.05, 4.69) is 59.5 Å². The first-order valence-electron chi connectivity index (χ1n) is 17.7. The predicted octanol–water partition coefficient (Wildman–Crippen LogP) is 7.07. The first kappa shape index (κ1) is 34.0. The fourth-order valence-corrected chi connectivity index (χ4v) is 7.50. The molecule has 11 nitrogen and oxygen atoms in total. The Morgan fingerprint density at radius 1 is 0.980 bits per heavy atom. The Hall–Kier alpha value is -4.46. The van der Waals surface area contributed by atoms with Gasteiger partial charge in [0.2, 0.25) is 5.89 Å². The van der Waals surface area contributed by atoms with E-state index >= 15 is 0 Å². The zero-order valence-corrected chi connectivity index (χ0v) is 30.5. The number of benzene rings is 2. The van der Waals surface area contributed by atoms with Gasteiger partial charge in [-0.05, 0) is 49.4 Å². The predicted molar refractivity (Wildman–Crippen MR) is 197 cm³/mol. The number of imidazole rings is 2. The Labute approximate surface area is 295 Å². The van der Waals surface area contributed by atoms with Gasteiger partial charge in [-0.1, -0.05) is 74.2 Å². The molecule has 0 bridgehead atoms. The highest BCUT2D eigenvalue weighted by atomic mass is 28.3. The van der Waals surface area contributed by atoms with Gasteiger partial charge in [-0.15, -0.1) is 0 Å². The number of nitrogens with one attached hydrogen (secondary N) is 1. The van der Waals surface area contributed by atoms with Crippen LogP contribution in [0, 0.1) is 0 Å². The Morgan fingerprint density at radius 3 is 2.50 bits per heavy atom. The number of carbonyl (C=O) groups is 1. The van der Waals surface area contributed by atoms with Crippen LogP contribution in [0.1, 0.15) is 55.0 Å². The van der Waals surface area contributed by atoms with Crippen molar-refractivity contribution in [2.45, 2.75) is 76.8 Å². The van der Waals surface area contributed by atoms with Crippen LogP contribution >= 0.6 is 0 Å². The maximum absolute atomic E-state index is 13.3. The number of hydrogen-bond donors (Lipinski definition) is 1. The summed E-state index contributed by atoms with van der Waals surface area (Å²) in [6.07, 6.45) is 9.20. The van der Waals surface area contributed by atoms with Crippen LogP contribution in [0.2, 0.25) is 25.7 Å². The van der Waals surface area contributed by atoms with Crippen molar-refractivity contribution in [1.29, 1.82) is 0 Å². The molecule has 2 fully saturated rings. The highest BCUT2D eigenvalue weighted by Gasteiger charge is 2.35. The van der Waals surface area contributed by atoms with E-state index in [-0.39, 0.29) is 18.7 Å². The SMILES string of the molecule is BN1CCC[C@H]1c1ncc(-c2ccc(-c3cnc(-c4cn(COCC[Si](C)(C)C)c([C@@H]5CCCN5C(=O)OCc5ccccc5)n4)o3)cc2)[nH]1. The summed E-state index contributed by atoms with van der Waals surface area (Å²) in [6.45, 7) is 9.95. The van der Waals surface area contributed by atoms with Crippen LogP contribution in [0.3, 0.4) is 0 Å². The van der Waals surface area contributed by atoms with Crippen LogP contribution < -0.4 is 0 Å². The van der Waals surface area contributed by atoms with Gasteiger partial charge in [0, 0.05) is 33.0 Å². The molecule has 1 amide bonds. The third-order valence-electron chi connectivity index (χ3n) is 9.66. The molecule has 5 aromatic rings. The summed E-state index contributed by atoms with van der Waals surface area (Å²) in [7, 11) is 0.899. The number of H-pyrrole nitrogens is 1.